The fourth-order valence-electron chi connectivity index (χ4n) is 2.71. The molecule has 0 aromatic heterocycles. The summed E-state index contributed by atoms with van der Waals surface area (Å²) in [4.78, 5) is 0. The molecule has 1 aliphatic rings. The Morgan fingerprint density at radius 3 is 2.41 bits per heavy atom. The molecule has 0 radical (unpaired) electrons. The molecule has 2 unspecified atom stereocenters. The van der Waals surface area contributed by atoms with Gasteiger partial charge < -0.3 is 5.32 Å². The molecule has 1 aliphatic carbocycles. The quantitative estimate of drug-likeness (QED) is 0.845. The fourth-order valence-corrected chi connectivity index (χ4v) is 4.78. The smallest absolute Gasteiger partial charge is 0.157 e. The van der Waals surface area contributed by atoms with Crippen molar-refractivity contribution in [1.29, 1.82) is 0 Å². The zero-order chi connectivity index (χ0) is 13.3. The molecule has 2 atom stereocenters. The molecule has 0 aromatic rings. The van der Waals surface area contributed by atoms with Gasteiger partial charge in [0, 0.05) is 6.04 Å². The van der Waals surface area contributed by atoms with Crippen LogP contribution in [0, 0.1) is 5.41 Å². The number of hydrogen-bond donors (Lipinski definition) is 1. The molecule has 0 bridgehead atoms. The zero-order valence-corrected chi connectivity index (χ0v) is 12.6. The largest absolute Gasteiger partial charge is 0.313 e. The van der Waals surface area contributed by atoms with E-state index in [1.807, 2.05) is 6.92 Å². The van der Waals surface area contributed by atoms with Crippen molar-refractivity contribution < 1.29 is 8.42 Å². The van der Waals surface area contributed by atoms with E-state index in [9.17, 15) is 8.42 Å². The third-order valence-electron chi connectivity index (χ3n) is 3.88. The van der Waals surface area contributed by atoms with Crippen LogP contribution >= 0.6 is 0 Å². The Balaban J connectivity index is 2.96. The monoisotopic (exact) mass is 261 g/mol. The molecule has 0 saturated heterocycles. The van der Waals surface area contributed by atoms with E-state index in [1.54, 1.807) is 13.8 Å². The molecule has 3 nitrogen and oxygen atoms in total. The zero-order valence-electron chi connectivity index (χ0n) is 11.8. The van der Waals surface area contributed by atoms with Crippen LogP contribution in [0.1, 0.15) is 53.9 Å². The average molecular weight is 261 g/mol. The van der Waals surface area contributed by atoms with Crippen LogP contribution in [0.4, 0.5) is 0 Å². The van der Waals surface area contributed by atoms with E-state index in [4.69, 9.17) is 0 Å². The highest BCUT2D eigenvalue weighted by Crippen LogP contribution is 2.39. The maximum Gasteiger partial charge on any atom is 0.157 e. The van der Waals surface area contributed by atoms with E-state index >= 15 is 0 Å². The summed E-state index contributed by atoms with van der Waals surface area (Å²) < 4.78 is 24.8. The van der Waals surface area contributed by atoms with Gasteiger partial charge in [-0.3, -0.25) is 0 Å². The van der Waals surface area contributed by atoms with Crippen LogP contribution in [-0.4, -0.2) is 31.5 Å². The van der Waals surface area contributed by atoms with Gasteiger partial charge in [0.05, 0.1) is 10.5 Å². The summed E-state index contributed by atoms with van der Waals surface area (Å²) in [5.41, 5.74) is 0.151. The van der Waals surface area contributed by atoms with Crippen molar-refractivity contribution in [3.8, 4) is 0 Å². The number of hydrogen-bond acceptors (Lipinski definition) is 3. The predicted molar refractivity (Wildman–Crippen MR) is 72.9 cm³/mol. The fraction of sp³-hybridized carbons (Fsp3) is 1.00. The first-order valence-corrected chi connectivity index (χ1v) is 8.28. The van der Waals surface area contributed by atoms with E-state index in [2.05, 4.69) is 19.2 Å². The Labute approximate surface area is 106 Å². The van der Waals surface area contributed by atoms with E-state index in [0.717, 1.165) is 25.8 Å². The summed E-state index contributed by atoms with van der Waals surface area (Å²) in [5.74, 6) is 0. The molecule has 0 aromatic carbocycles. The van der Waals surface area contributed by atoms with Gasteiger partial charge in [-0.2, -0.15) is 0 Å². The lowest BCUT2D eigenvalue weighted by Gasteiger charge is -2.41. The second-order valence-electron chi connectivity index (χ2n) is 6.25. The number of rotatable bonds is 4. The van der Waals surface area contributed by atoms with Crippen LogP contribution in [0.25, 0.3) is 0 Å². The highest BCUT2D eigenvalue weighted by atomic mass is 32.2. The second kappa shape index (κ2) is 5.27. The molecule has 1 rings (SSSR count). The Hall–Kier alpha value is -0.0900. The van der Waals surface area contributed by atoms with Gasteiger partial charge in [0.1, 0.15) is 0 Å². The second-order valence-corrected chi connectivity index (χ2v) is 8.97. The van der Waals surface area contributed by atoms with Crippen LogP contribution in [0.2, 0.25) is 0 Å². The minimum absolute atomic E-state index is 0.139. The number of nitrogens with one attached hydrogen (secondary N) is 1. The van der Waals surface area contributed by atoms with E-state index < -0.39 is 9.84 Å². The van der Waals surface area contributed by atoms with Gasteiger partial charge in [-0.15, -0.1) is 0 Å². The van der Waals surface area contributed by atoms with Gasteiger partial charge in [0.25, 0.3) is 0 Å². The maximum atomic E-state index is 12.4. The molecule has 4 heteroatoms. The third-order valence-corrected chi connectivity index (χ3v) is 6.53. The lowest BCUT2D eigenvalue weighted by Crippen LogP contribution is -2.51. The molecule has 102 valence electrons. The predicted octanol–water partition coefficient (Wildman–Crippen LogP) is 2.37. The lowest BCUT2D eigenvalue weighted by atomic mass is 9.75. The van der Waals surface area contributed by atoms with Gasteiger partial charge in [-0.1, -0.05) is 20.8 Å². The first kappa shape index (κ1) is 15.0. The summed E-state index contributed by atoms with van der Waals surface area (Å²) in [6, 6.07) is 0.139. The minimum atomic E-state index is -3.00. The topological polar surface area (TPSA) is 46.2 Å². The molecule has 0 spiro atoms. The highest BCUT2D eigenvalue weighted by molar-refractivity contribution is 7.92. The Kier molecular flexibility index (Phi) is 4.64. The molecule has 17 heavy (non-hydrogen) atoms. The maximum absolute atomic E-state index is 12.4. The molecule has 1 N–H and O–H groups in total. The van der Waals surface area contributed by atoms with Crippen molar-refractivity contribution in [2.75, 3.05) is 6.54 Å². The Morgan fingerprint density at radius 1 is 1.35 bits per heavy atom. The summed E-state index contributed by atoms with van der Waals surface area (Å²) >= 11 is 0. The van der Waals surface area contributed by atoms with Crippen LogP contribution in [0.3, 0.4) is 0 Å². The van der Waals surface area contributed by atoms with Crippen molar-refractivity contribution in [3.05, 3.63) is 0 Å². The van der Waals surface area contributed by atoms with Gasteiger partial charge >= 0.3 is 0 Å². The van der Waals surface area contributed by atoms with Crippen molar-refractivity contribution in [1.82, 2.24) is 5.32 Å². The third kappa shape index (κ3) is 3.44. The summed E-state index contributed by atoms with van der Waals surface area (Å²) in [6.45, 7) is 10.8. The Morgan fingerprint density at radius 2 is 1.94 bits per heavy atom. The van der Waals surface area contributed by atoms with Gasteiger partial charge in [0.15, 0.2) is 9.84 Å². The van der Waals surface area contributed by atoms with Gasteiger partial charge in [0.2, 0.25) is 0 Å². The van der Waals surface area contributed by atoms with Crippen LogP contribution in [0.5, 0.6) is 0 Å². The standard InChI is InChI=1S/C13H27NO2S/c1-6-14-11-7-8-13(4,5)9-12(11)17(15,16)10(2)3/h10-12,14H,6-9H2,1-5H3. The SMILES string of the molecule is CCNC1CCC(C)(C)CC1S(=O)(=O)C(C)C. The molecule has 0 amide bonds. The Bertz CT molecular complexity index is 346. The first-order chi connectivity index (χ1) is 7.70. The molecule has 1 saturated carbocycles. The number of sulfone groups is 1. The first-order valence-electron chi connectivity index (χ1n) is 6.67. The van der Waals surface area contributed by atoms with Crippen LogP contribution in [-0.2, 0) is 9.84 Å². The van der Waals surface area contributed by atoms with Crippen molar-refractivity contribution >= 4 is 9.84 Å². The molecular weight excluding hydrogens is 234 g/mol. The van der Waals surface area contributed by atoms with E-state index in [0.29, 0.717) is 0 Å². The normalized spacial score (nSPS) is 29.5. The minimum Gasteiger partial charge on any atom is -0.313 e. The lowest BCUT2D eigenvalue weighted by molar-refractivity contribution is 0.210. The van der Waals surface area contributed by atoms with Crippen LogP contribution in [0.15, 0.2) is 0 Å². The molecule has 0 heterocycles. The van der Waals surface area contributed by atoms with E-state index in [1.165, 1.54) is 0 Å². The highest BCUT2D eigenvalue weighted by Gasteiger charge is 2.42. The summed E-state index contributed by atoms with van der Waals surface area (Å²) in [7, 11) is -3.00. The van der Waals surface area contributed by atoms with Gasteiger partial charge in [-0.05, 0) is 45.1 Å². The summed E-state index contributed by atoms with van der Waals surface area (Å²) in [6.07, 6.45) is 2.86. The van der Waals surface area contributed by atoms with Crippen molar-refractivity contribution in [3.63, 3.8) is 0 Å². The molecular formula is C13H27NO2S. The van der Waals surface area contributed by atoms with Crippen molar-refractivity contribution in [2.24, 2.45) is 5.41 Å². The van der Waals surface area contributed by atoms with E-state index in [-0.39, 0.29) is 22.0 Å². The van der Waals surface area contributed by atoms with Gasteiger partial charge in [-0.25, -0.2) is 8.42 Å². The average Bonchev–Trinajstić information content (AvgIpc) is 2.20. The molecule has 1 fully saturated rings. The summed E-state index contributed by atoms with van der Waals surface area (Å²) in [5, 5.41) is 2.86. The molecule has 0 aliphatic heterocycles. The van der Waals surface area contributed by atoms with Crippen molar-refractivity contribution in [2.45, 2.75) is 70.4 Å². The van der Waals surface area contributed by atoms with Crippen LogP contribution < -0.4 is 5.32 Å².